The van der Waals surface area contributed by atoms with Gasteiger partial charge in [-0.1, -0.05) is 12.1 Å². The molecule has 7 heteroatoms. The summed E-state index contributed by atoms with van der Waals surface area (Å²) in [5.41, 5.74) is 1.76. The summed E-state index contributed by atoms with van der Waals surface area (Å²) >= 11 is 0. The number of hydrogen-bond acceptors (Lipinski definition) is 4. The Morgan fingerprint density at radius 3 is 2.47 bits per heavy atom. The summed E-state index contributed by atoms with van der Waals surface area (Å²) in [5, 5.41) is 3.19. The monoisotopic (exact) mass is 403 g/mol. The number of benzene rings is 3. The van der Waals surface area contributed by atoms with Crippen LogP contribution in [0.5, 0.6) is 5.75 Å². The second-order valence-corrected chi connectivity index (χ2v) is 6.68. The van der Waals surface area contributed by atoms with Crippen molar-refractivity contribution in [2.45, 2.75) is 0 Å². The molecule has 0 radical (unpaired) electrons. The van der Waals surface area contributed by atoms with Gasteiger partial charge in [0, 0.05) is 18.3 Å². The zero-order chi connectivity index (χ0) is 21.1. The maximum Gasteiger partial charge on any atom is 0.262 e. The summed E-state index contributed by atoms with van der Waals surface area (Å²) in [6.07, 6.45) is 0. The number of para-hydroxylation sites is 1. The van der Waals surface area contributed by atoms with Gasteiger partial charge in [-0.3, -0.25) is 14.2 Å². The van der Waals surface area contributed by atoms with E-state index in [2.05, 4.69) is 10.3 Å². The summed E-state index contributed by atoms with van der Waals surface area (Å²) in [6.45, 7) is -0.191. The van der Waals surface area contributed by atoms with E-state index in [0.29, 0.717) is 28.2 Å². The van der Waals surface area contributed by atoms with E-state index in [1.54, 1.807) is 43.4 Å². The third-order valence-electron chi connectivity index (χ3n) is 4.59. The fourth-order valence-corrected chi connectivity index (χ4v) is 3.06. The Labute approximate surface area is 171 Å². The molecule has 0 bridgehead atoms. The molecule has 1 aromatic heterocycles. The van der Waals surface area contributed by atoms with Crippen LogP contribution < -0.4 is 15.6 Å². The highest BCUT2D eigenvalue weighted by Crippen LogP contribution is 2.21. The van der Waals surface area contributed by atoms with E-state index in [4.69, 9.17) is 4.74 Å². The molecule has 0 unspecified atom stereocenters. The van der Waals surface area contributed by atoms with Crippen LogP contribution in [-0.4, -0.2) is 22.1 Å². The Morgan fingerprint density at radius 1 is 1.03 bits per heavy atom. The lowest BCUT2D eigenvalue weighted by Gasteiger charge is -2.11. The van der Waals surface area contributed by atoms with Gasteiger partial charge in [0.15, 0.2) is 6.61 Å². The van der Waals surface area contributed by atoms with E-state index < -0.39 is 0 Å². The highest BCUT2D eigenvalue weighted by Gasteiger charge is 2.10. The summed E-state index contributed by atoms with van der Waals surface area (Å²) in [4.78, 5) is 29.2. The fraction of sp³-hybridized carbons (Fsp3) is 0.0870. The molecule has 150 valence electrons. The number of nitrogens with zero attached hydrogens (tertiary/aromatic N) is 2. The topological polar surface area (TPSA) is 73.2 Å². The lowest BCUT2D eigenvalue weighted by atomic mass is 10.1. The highest BCUT2D eigenvalue weighted by atomic mass is 19.1. The quantitative estimate of drug-likeness (QED) is 0.551. The molecule has 4 aromatic rings. The van der Waals surface area contributed by atoms with Gasteiger partial charge in [0.25, 0.3) is 11.5 Å². The number of carbonyl (C=O) groups is 1. The number of amides is 1. The van der Waals surface area contributed by atoms with Crippen LogP contribution in [0.1, 0.15) is 0 Å². The van der Waals surface area contributed by atoms with Gasteiger partial charge in [-0.05, 0) is 60.7 Å². The Kier molecular flexibility index (Phi) is 5.26. The van der Waals surface area contributed by atoms with Crippen LogP contribution in [0.15, 0.2) is 77.6 Å². The molecule has 0 atom stereocenters. The van der Waals surface area contributed by atoms with E-state index in [9.17, 15) is 14.0 Å². The normalized spacial score (nSPS) is 10.7. The van der Waals surface area contributed by atoms with Crippen molar-refractivity contribution < 1.29 is 13.9 Å². The van der Waals surface area contributed by atoms with Gasteiger partial charge in [-0.2, -0.15) is 0 Å². The molecule has 1 N–H and O–H groups in total. The summed E-state index contributed by atoms with van der Waals surface area (Å²) < 4.78 is 19.9. The molecule has 30 heavy (non-hydrogen) atoms. The maximum absolute atomic E-state index is 12.9. The molecular formula is C23H18FN3O3. The van der Waals surface area contributed by atoms with Gasteiger partial charge < -0.3 is 10.1 Å². The third kappa shape index (κ3) is 4.05. The number of nitrogens with one attached hydrogen (secondary N) is 1. The van der Waals surface area contributed by atoms with E-state index in [1.165, 1.54) is 28.8 Å². The van der Waals surface area contributed by atoms with Crippen molar-refractivity contribution in [3.63, 3.8) is 0 Å². The van der Waals surface area contributed by atoms with Gasteiger partial charge in [-0.15, -0.1) is 0 Å². The van der Waals surface area contributed by atoms with Crippen LogP contribution >= 0.6 is 0 Å². The van der Waals surface area contributed by atoms with Gasteiger partial charge in [0.2, 0.25) is 0 Å². The Morgan fingerprint density at radius 2 is 1.73 bits per heavy atom. The predicted molar refractivity (Wildman–Crippen MR) is 113 cm³/mol. The first-order chi connectivity index (χ1) is 14.5. The largest absolute Gasteiger partial charge is 0.484 e. The summed E-state index contributed by atoms with van der Waals surface area (Å²) in [5.74, 6) is 0.310. The second kappa shape index (κ2) is 8.16. The van der Waals surface area contributed by atoms with Gasteiger partial charge in [-0.25, -0.2) is 9.37 Å². The molecule has 0 aliphatic rings. The van der Waals surface area contributed by atoms with Crippen molar-refractivity contribution in [3.05, 3.63) is 89.0 Å². The predicted octanol–water partition coefficient (Wildman–Crippen LogP) is 3.76. The van der Waals surface area contributed by atoms with Gasteiger partial charge in [0.05, 0.1) is 10.9 Å². The van der Waals surface area contributed by atoms with Gasteiger partial charge in [0.1, 0.15) is 17.4 Å². The fourth-order valence-electron chi connectivity index (χ4n) is 3.06. The zero-order valence-corrected chi connectivity index (χ0v) is 16.1. The molecule has 3 aromatic carbocycles. The first-order valence-corrected chi connectivity index (χ1v) is 9.26. The SMILES string of the molecule is Cn1c(-c2ccc(OCC(=O)Nc3ccc(F)cc3)cc2)nc2ccccc2c1=O. The molecule has 6 nitrogen and oxygen atoms in total. The summed E-state index contributed by atoms with van der Waals surface area (Å²) in [7, 11) is 1.68. The molecule has 1 heterocycles. The zero-order valence-electron chi connectivity index (χ0n) is 16.1. The molecule has 0 spiro atoms. The third-order valence-corrected chi connectivity index (χ3v) is 4.59. The van der Waals surface area contributed by atoms with Crippen LogP contribution in [0.2, 0.25) is 0 Å². The lowest BCUT2D eigenvalue weighted by molar-refractivity contribution is -0.118. The van der Waals surface area contributed by atoms with Crippen molar-refractivity contribution in [1.29, 1.82) is 0 Å². The van der Waals surface area contributed by atoms with Crippen LogP contribution in [0, 0.1) is 5.82 Å². The minimum Gasteiger partial charge on any atom is -0.484 e. The minimum absolute atomic E-state index is 0.117. The van der Waals surface area contributed by atoms with E-state index >= 15 is 0 Å². The highest BCUT2D eigenvalue weighted by molar-refractivity contribution is 5.91. The van der Waals surface area contributed by atoms with Crippen LogP contribution in [-0.2, 0) is 11.8 Å². The Hall–Kier alpha value is -4.00. The van der Waals surface area contributed by atoms with E-state index in [0.717, 1.165) is 5.56 Å². The van der Waals surface area contributed by atoms with Crippen LogP contribution in [0.3, 0.4) is 0 Å². The van der Waals surface area contributed by atoms with Crippen LogP contribution in [0.4, 0.5) is 10.1 Å². The molecule has 0 aliphatic heterocycles. The molecular weight excluding hydrogens is 385 g/mol. The molecule has 0 aliphatic carbocycles. The average Bonchev–Trinajstić information content (AvgIpc) is 2.77. The Balaban J connectivity index is 1.46. The maximum atomic E-state index is 12.9. The van der Waals surface area contributed by atoms with Crippen molar-refractivity contribution in [1.82, 2.24) is 9.55 Å². The summed E-state index contributed by atoms with van der Waals surface area (Å²) in [6, 6.07) is 19.7. The van der Waals surface area contributed by atoms with Crippen LogP contribution in [0.25, 0.3) is 22.3 Å². The van der Waals surface area contributed by atoms with Crippen molar-refractivity contribution in [2.24, 2.45) is 7.05 Å². The minimum atomic E-state index is -0.372. The lowest BCUT2D eigenvalue weighted by Crippen LogP contribution is -2.20. The van der Waals surface area contributed by atoms with E-state index in [1.807, 2.05) is 12.1 Å². The smallest absolute Gasteiger partial charge is 0.262 e. The number of halogens is 1. The molecule has 0 saturated carbocycles. The first-order valence-electron chi connectivity index (χ1n) is 9.26. The number of anilines is 1. The van der Waals surface area contributed by atoms with Crippen molar-refractivity contribution in [3.8, 4) is 17.1 Å². The van der Waals surface area contributed by atoms with E-state index in [-0.39, 0.29) is 23.9 Å². The molecule has 4 rings (SSSR count). The number of rotatable bonds is 5. The number of hydrogen-bond donors (Lipinski definition) is 1. The van der Waals surface area contributed by atoms with Crippen molar-refractivity contribution in [2.75, 3.05) is 11.9 Å². The molecule has 0 fully saturated rings. The Bertz CT molecular complexity index is 1270. The van der Waals surface area contributed by atoms with Gasteiger partial charge >= 0.3 is 0 Å². The number of fused-ring (bicyclic) bond motifs is 1. The number of carbonyl (C=O) groups excluding carboxylic acids is 1. The standard InChI is InChI=1S/C23H18FN3O3/c1-27-22(26-20-5-3-2-4-19(20)23(27)29)15-6-12-18(13-7-15)30-14-21(28)25-17-10-8-16(24)9-11-17/h2-13H,14H2,1H3,(H,25,28). The second-order valence-electron chi connectivity index (χ2n) is 6.68. The first kappa shape index (κ1) is 19.3. The average molecular weight is 403 g/mol. The van der Waals surface area contributed by atoms with Crippen molar-refractivity contribution >= 4 is 22.5 Å². The molecule has 0 saturated heterocycles. The molecule has 1 amide bonds. The number of aromatic nitrogens is 2. The number of ether oxygens (including phenoxy) is 1.